The van der Waals surface area contributed by atoms with E-state index in [0.717, 1.165) is 23.1 Å². The molecule has 0 fully saturated rings. The van der Waals surface area contributed by atoms with Crippen molar-refractivity contribution in [2.75, 3.05) is 11.9 Å². The van der Waals surface area contributed by atoms with E-state index in [-0.39, 0.29) is 23.7 Å². The first-order valence-electron chi connectivity index (χ1n) is 11.1. The molecule has 3 aromatic rings. The van der Waals surface area contributed by atoms with Crippen molar-refractivity contribution in [2.45, 2.75) is 38.8 Å². The number of nitrogens with one attached hydrogen (secondary N) is 1. The predicted molar refractivity (Wildman–Crippen MR) is 126 cm³/mol. The normalized spacial score (nSPS) is 16.0. The fourth-order valence-corrected chi connectivity index (χ4v) is 4.24. The maximum Gasteiger partial charge on any atom is 0.265 e. The van der Waals surface area contributed by atoms with Crippen LogP contribution in [0.5, 0.6) is 5.75 Å². The molecule has 5 nitrogen and oxygen atoms in total. The summed E-state index contributed by atoms with van der Waals surface area (Å²) in [5.74, 6) is -0.0724. The monoisotopic (exact) mass is 446 g/mol. The molecule has 6 heteroatoms. The summed E-state index contributed by atoms with van der Waals surface area (Å²) >= 11 is 0. The molecule has 33 heavy (non-hydrogen) atoms. The summed E-state index contributed by atoms with van der Waals surface area (Å²) < 4.78 is 19.2. The van der Waals surface area contributed by atoms with Gasteiger partial charge in [-0.3, -0.25) is 9.59 Å². The Bertz CT molecular complexity index is 1130. The molecule has 0 spiro atoms. The molecule has 170 valence electrons. The lowest BCUT2D eigenvalue weighted by Gasteiger charge is -2.37. The van der Waals surface area contributed by atoms with E-state index < -0.39 is 6.10 Å². The third-order valence-corrected chi connectivity index (χ3v) is 5.92. The first-order chi connectivity index (χ1) is 16.0. The van der Waals surface area contributed by atoms with Gasteiger partial charge < -0.3 is 15.0 Å². The van der Waals surface area contributed by atoms with Crippen molar-refractivity contribution >= 4 is 17.5 Å². The van der Waals surface area contributed by atoms with Crippen LogP contribution in [0.1, 0.15) is 43.0 Å². The number of carbonyl (C=O) groups is 2. The van der Waals surface area contributed by atoms with Crippen molar-refractivity contribution in [1.82, 2.24) is 4.90 Å². The number of hydrogen-bond donors (Lipinski definition) is 1. The van der Waals surface area contributed by atoms with Crippen molar-refractivity contribution in [3.05, 3.63) is 95.3 Å². The van der Waals surface area contributed by atoms with Crippen LogP contribution < -0.4 is 10.1 Å². The van der Waals surface area contributed by atoms with Crippen LogP contribution in [0, 0.1) is 5.82 Å². The Hall–Kier alpha value is -3.67. The van der Waals surface area contributed by atoms with E-state index in [1.165, 1.54) is 24.3 Å². The number of rotatable bonds is 6. The molecule has 1 heterocycles. The second-order valence-electron chi connectivity index (χ2n) is 8.15. The zero-order valence-electron chi connectivity index (χ0n) is 18.8. The molecular formula is C27H27FN2O3. The van der Waals surface area contributed by atoms with Gasteiger partial charge in [-0.2, -0.15) is 0 Å². The van der Waals surface area contributed by atoms with Crippen molar-refractivity contribution < 1.29 is 18.7 Å². The average Bonchev–Trinajstić information content (AvgIpc) is 2.83. The Balaban J connectivity index is 1.59. The van der Waals surface area contributed by atoms with Gasteiger partial charge in [-0.15, -0.1) is 0 Å². The van der Waals surface area contributed by atoms with E-state index >= 15 is 0 Å². The van der Waals surface area contributed by atoms with Gasteiger partial charge in [0.25, 0.3) is 5.91 Å². The van der Waals surface area contributed by atoms with Gasteiger partial charge in [-0.1, -0.05) is 43.3 Å². The maximum absolute atomic E-state index is 13.1. The lowest BCUT2D eigenvalue weighted by atomic mass is 9.88. The lowest BCUT2D eigenvalue weighted by Crippen LogP contribution is -2.39. The number of anilines is 1. The van der Waals surface area contributed by atoms with Gasteiger partial charge in [0.1, 0.15) is 11.6 Å². The fourth-order valence-electron chi connectivity index (χ4n) is 4.24. The average molecular weight is 447 g/mol. The van der Waals surface area contributed by atoms with Gasteiger partial charge in [-0.05, 0) is 65.9 Å². The molecule has 1 aliphatic rings. The number of hydrogen-bond acceptors (Lipinski definition) is 3. The molecule has 0 saturated carbocycles. The van der Waals surface area contributed by atoms with Crippen LogP contribution in [-0.2, 0) is 16.0 Å². The number of halogens is 1. The first kappa shape index (κ1) is 22.5. The third kappa shape index (κ3) is 5.06. The minimum absolute atomic E-state index is 0.0194. The van der Waals surface area contributed by atoms with Crippen LogP contribution >= 0.6 is 0 Å². The first-order valence-corrected chi connectivity index (χ1v) is 11.1. The topological polar surface area (TPSA) is 58.6 Å². The molecule has 0 aliphatic carbocycles. The second kappa shape index (κ2) is 9.86. The Morgan fingerprint density at radius 1 is 1.09 bits per heavy atom. The highest BCUT2D eigenvalue weighted by Gasteiger charge is 2.31. The quantitative estimate of drug-likeness (QED) is 0.572. The second-order valence-corrected chi connectivity index (χ2v) is 8.15. The van der Waals surface area contributed by atoms with Crippen LogP contribution in [0.15, 0.2) is 72.8 Å². The van der Waals surface area contributed by atoms with Gasteiger partial charge in [-0.25, -0.2) is 4.39 Å². The molecule has 3 aromatic carbocycles. The molecule has 0 bridgehead atoms. The number of nitrogens with zero attached hydrogens (tertiary/aromatic N) is 1. The van der Waals surface area contributed by atoms with Crippen molar-refractivity contribution in [1.29, 1.82) is 0 Å². The Morgan fingerprint density at radius 2 is 1.82 bits per heavy atom. The highest BCUT2D eigenvalue weighted by atomic mass is 19.1. The highest BCUT2D eigenvalue weighted by molar-refractivity contribution is 5.94. The van der Waals surface area contributed by atoms with Crippen LogP contribution in [-0.4, -0.2) is 29.4 Å². The van der Waals surface area contributed by atoms with E-state index in [1.807, 2.05) is 60.4 Å². The largest absolute Gasteiger partial charge is 0.481 e. The molecule has 2 amide bonds. The smallest absolute Gasteiger partial charge is 0.265 e. The van der Waals surface area contributed by atoms with Crippen molar-refractivity contribution in [3.8, 4) is 5.75 Å². The number of ether oxygens (including phenoxy) is 1. The summed E-state index contributed by atoms with van der Waals surface area (Å²) in [6.07, 6.45) is 0.517. The molecule has 0 unspecified atom stereocenters. The molecule has 1 aliphatic heterocycles. The lowest BCUT2D eigenvalue weighted by molar-refractivity contribution is -0.130. The SMILES string of the molecule is CC[C@@H](Oc1ccc2c(c1)[C@@H](c1ccccc1)N(C(C)=O)CC2)C(=O)Nc1ccc(F)cc1. The molecule has 4 rings (SSSR count). The molecule has 0 radical (unpaired) electrons. The van der Waals surface area contributed by atoms with Gasteiger partial charge in [0.2, 0.25) is 5.91 Å². The summed E-state index contributed by atoms with van der Waals surface area (Å²) in [6, 6.07) is 21.2. The standard InChI is InChI=1S/C27H27FN2O3/c1-3-25(27(32)29-22-12-10-21(28)11-13-22)33-23-14-9-19-15-16-30(18(2)31)26(24(19)17-23)20-7-5-4-6-8-20/h4-14,17,25-26H,3,15-16H2,1-2H3,(H,29,32)/t25-,26-/m1/s1. The maximum atomic E-state index is 13.1. The van der Waals surface area contributed by atoms with E-state index in [2.05, 4.69) is 5.32 Å². The van der Waals surface area contributed by atoms with Gasteiger partial charge in [0, 0.05) is 19.2 Å². The number of carbonyl (C=O) groups excluding carboxylic acids is 2. The molecule has 1 N–H and O–H groups in total. The Labute approximate surface area is 193 Å². The number of fused-ring (bicyclic) bond motifs is 1. The summed E-state index contributed by atoms with van der Waals surface area (Å²) in [4.78, 5) is 27.0. The summed E-state index contributed by atoms with van der Waals surface area (Å²) in [7, 11) is 0. The Morgan fingerprint density at radius 3 is 2.48 bits per heavy atom. The minimum atomic E-state index is -0.712. The molecule has 0 saturated heterocycles. The van der Waals surface area contributed by atoms with Crippen molar-refractivity contribution in [2.24, 2.45) is 0 Å². The van der Waals surface area contributed by atoms with E-state index in [9.17, 15) is 14.0 Å². The summed E-state index contributed by atoms with van der Waals surface area (Å²) in [5, 5.41) is 2.78. The molecule has 2 atom stereocenters. The summed E-state index contributed by atoms with van der Waals surface area (Å²) in [5.41, 5.74) is 3.72. The Kier molecular flexibility index (Phi) is 6.73. The van der Waals surface area contributed by atoms with Gasteiger partial charge in [0.15, 0.2) is 6.10 Å². The minimum Gasteiger partial charge on any atom is -0.481 e. The predicted octanol–water partition coefficient (Wildman–Crippen LogP) is 5.12. The number of amides is 2. The van der Waals surface area contributed by atoms with Gasteiger partial charge in [0.05, 0.1) is 6.04 Å². The van der Waals surface area contributed by atoms with E-state index in [0.29, 0.717) is 24.4 Å². The van der Waals surface area contributed by atoms with Crippen LogP contribution in [0.25, 0.3) is 0 Å². The zero-order valence-corrected chi connectivity index (χ0v) is 18.8. The highest BCUT2D eigenvalue weighted by Crippen LogP contribution is 2.37. The molecule has 0 aromatic heterocycles. The zero-order chi connectivity index (χ0) is 23.4. The van der Waals surface area contributed by atoms with E-state index in [4.69, 9.17) is 4.74 Å². The summed E-state index contributed by atoms with van der Waals surface area (Å²) in [6.45, 7) is 4.12. The van der Waals surface area contributed by atoms with E-state index in [1.54, 1.807) is 6.92 Å². The number of benzene rings is 3. The van der Waals surface area contributed by atoms with Crippen LogP contribution in [0.2, 0.25) is 0 Å². The van der Waals surface area contributed by atoms with Crippen LogP contribution in [0.4, 0.5) is 10.1 Å². The van der Waals surface area contributed by atoms with Crippen LogP contribution in [0.3, 0.4) is 0 Å². The third-order valence-electron chi connectivity index (χ3n) is 5.92. The fraction of sp³-hybridized carbons (Fsp3) is 0.259. The molecular weight excluding hydrogens is 419 g/mol. The van der Waals surface area contributed by atoms with Crippen molar-refractivity contribution in [3.63, 3.8) is 0 Å². The van der Waals surface area contributed by atoms with Gasteiger partial charge >= 0.3 is 0 Å².